The first-order chi connectivity index (χ1) is 9.60. The molecule has 1 N–H and O–H groups in total. The van der Waals surface area contributed by atoms with Gasteiger partial charge in [0, 0.05) is 11.6 Å². The van der Waals surface area contributed by atoms with E-state index in [-0.39, 0.29) is 6.61 Å². The van der Waals surface area contributed by atoms with E-state index in [1.165, 1.54) is 0 Å². The number of nitrogens with one attached hydrogen (secondary N) is 1. The molecule has 0 saturated carbocycles. The van der Waals surface area contributed by atoms with Crippen LogP contribution in [-0.4, -0.2) is 11.5 Å². The number of halogens is 3. The zero-order chi connectivity index (χ0) is 14.5. The largest absolute Gasteiger partial charge is 0.486 e. The molecule has 0 fully saturated rings. The standard InChI is InChI=1S/C14H13Cl3N2O/c1-2-18-14-6-4-10(16)12(19-14)8-20-13-5-3-9(15)7-11(13)17/h3-7H,2,8H2,1H3,(H,18,19). The van der Waals surface area contributed by atoms with Gasteiger partial charge in [0.2, 0.25) is 0 Å². The number of ether oxygens (including phenoxy) is 1. The van der Waals surface area contributed by atoms with Crippen LogP contribution in [0.4, 0.5) is 5.82 Å². The Balaban J connectivity index is 2.11. The summed E-state index contributed by atoms with van der Waals surface area (Å²) in [5.74, 6) is 1.31. The maximum absolute atomic E-state index is 6.10. The molecule has 6 heteroatoms. The van der Waals surface area contributed by atoms with Gasteiger partial charge in [-0.05, 0) is 37.3 Å². The van der Waals surface area contributed by atoms with Crippen molar-refractivity contribution in [3.8, 4) is 5.75 Å². The van der Waals surface area contributed by atoms with Crippen molar-refractivity contribution in [3.63, 3.8) is 0 Å². The van der Waals surface area contributed by atoms with Crippen molar-refractivity contribution in [2.45, 2.75) is 13.5 Å². The second kappa shape index (κ2) is 7.02. The van der Waals surface area contributed by atoms with Gasteiger partial charge < -0.3 is 10.1 Å². The van der Waals surface area contributed by atoms with Crippen LogP contribution in [-0.2, 0) is 6.61 Å². The molecule has 0 bridgehead atoms. The van der Waals surface area contributed by atoms with Crippen LogP contribution in [0.1, 0.15) is 12.6 Å². The van der Waals surface area contributed by atoms with Gasteiger partial charge in [-0.25, -0.2) is 4.98 Å². The predicted octanol–water partition coefficient (Wildman–Crippen LogP) is 5.05. The maximum atomic E-state index is 6.10. The van der Waals surface area contributed by atoms with Crippen LogP contribution in [0, 0.1) is 0 Å². The van der Waals surface area contributed by atoms with Crippen LogP contribution in [0.3, 0.4) is 0 Å². The van der Waals surface area contributed by atoms with Gasteiger partial charge in [-0.15, -0.1) is 0 Å². The molecule has 2 aromatic rings. The summed E-state index contributed by atoms with van der Waals surface area (Å²) >= 11 is 18.0. The highest BCUT2D eigenvalue weighted by molar-refractivity contribution is 6.35. The SMILES string of the molecule is CCNc1ccc(Cl)c(COc2ccc(Cl)cc2Cl)n1. The lowest BCUT2D eigenvalue weighted by Gasteiger charge is -2.10. The highest BCUT2D eigenvalue weighted by Crippen LogP contribution is 2.28. The molecule has 0 amide bonds. The first-order valence-corrected chi connectivity index (χ1v) is 7.20. The summed E-state index contributed by atoms with van der Waals surface area (Å²) in [4.78, 5) is 4.39. The molecule has 0 atom stereocenters. The quantitative estimate of drug-likeness (QED) is 0.832. The fraction of sp³-hybridized carbons (Fsp3) is 0.214. The van der Waals surface area contributed by atoms with Crippen molar-refractivity contribution in [3.05, 3.63) is 51.1 Å². The Kier molecular flexibility index (Phi) is 5.35. The third-order valence-electron chi connectivity index (χ3n) is 2.53. The number of nitrogens with zero attached hydrogens (tertiary/aromatic N) is 1. The van der Waals surface area contributed by atoms with Gasteiger partial charge in [-0.2, -0.15) is 0 Å². The van der Waals surface area contributed by atoms with Gasteiger partial charge in [-0.1, -0.05) is 34.8 Å². The molecule has 0 spiro atoms. The fourth-order valence-corrected chi connectivity index (χ4v) is 2.23. The Morgan fingerprint density at radius 3 is 2.60 bits per heavy atom. The summed E-state index contributed by atoms with van der Waals surface area (Å²) in [6, 6.07) is 8.67. The Labute approximate surface area is 132 Å². The zero-order valence-electron chi connectivity index (χ0n) is 10.8. The van der Waals surface area contributed by atoms with Gasteiger partial charge in [0.1, 0.15) is 18.2 Å². The van der Waals surface area contributed by atoms with E-state index < -0.39 is 0 Å². The molecule has 0 saturated heterocycles. The maximum Gasteiger partial charge on any atom is 0.138 e. The monoisotopic (exact) mass is 330 g/mol. The molecule has 106 valence electrons. The molecule has 0 radical (unpaired) electrons. The zero-order valence-corrected chi connectivity index (χ0v) is 13.1. The summed E-state index contributed by atoms with van der Waals surface area (Å²) in [5.41, 5.74) is 0.649. The smallest absolute Gasteiger partial charge is 0.138 e. The molecule has 0 aliphatic carbocycles. The first kappa shape index (κ1) is 15.2. The number of benzene rings is 1. The molecule has 0 unspecified atom stereocenters. The van der Waals surface area contributed by atoms with E-state index in [0.29, 0.717) is 26.5 Å². The summed E-state index contributed by atoms with van der Waals surface area (Å²) < 4.78 is 5.63. The number of anilines is 1. The van der Waals surface area contributed by atoms with Crippen molar-refractivity contribution in [1.82, 2.24) is 4.98 Å². The Morgan fingerprint density at radius 2 is 1.90 bits per heavy atom. The van der Waals surface area contributed by atoms with E-state index >= 15 is 0 Å². The summed E-state index contributed by atoms with van der Waals surface area (Å²) in [5, 5.41) is 4.69. The topological polar surface area (TPSA) is 34.1 Å². The highest BCUT2D eigenvalue weighted by atomic mass is 35.5. The van der Waals surface area contributed by atoms with Crippen molar-refractivity contribution in [1.29, 1.82) is 0 Å². The minimum atomic E-state index is 0.236. The van der Waals surface area contributed by atoms with Crippen LogP contribution in [0.15, 0.2) is 30.3 Å². The average molecular weight is 332 g/mol. The molecule has 1 heterocycles. The van der Waals surface area contributed by atoms with Gasteiger partial charge in [0.05, 0.1) is 15.7 Å². The van der Waals surface area contributed by atoms with E-state index in [4.69, 9.17) is 39.5 Å². The first-order valence-electron chi connectivity index (χ1n) is 6.07. The third kappa shape index (κ3) is 3.92. The number of rotatable bonds is 5. The number of hydrogen-bond donors (Lipinski definition) is 1. The fourth-order valence-electron chi connectivity index (χ4n) is 1.60. The second-order valence-electron chi connectivity index (χ2n) is 4.02. The van der Waals surface area contributed by atoms with E-state index in [2.05, 4.69) is 10.3 Å². The van der Waals surface area contributed by atoms with E-state index in [1.807, 2.05) is 13.0 Å². The highest BCUT2D eigenvalue weighted by Gasteiger charge is 2.07. The van der Waals surface area contributed by atoms with E-state index in [1.54, 1.807) is 24.3 Å². The van der Waals surface area contributed by atoms with Crippen molar-refractivity contribution in [2.24, 2.45) is 0 Å². The molecule has 1 aromatic carbocycles. The average Bonchev–Trinajstić information content (AvgIpc) is 2.41. The van der Waals surface area contributed by atoms with E-state index in [0.717, 1.165) is 12.4 Å². The van der Waals surface area contributed by atoms with Crippen LogP contribution >= 0.6 is 34.8 Å². The van der Waals surface area contributed by atoms with Crippen LogP contribution < -0.4 is 10.1 Å². The van der Waals surface area contributed by atoms with Gasteiger partial charge in [0.25, 0.3) is 0 Å². The lowest BCUT2D eigenvalue weighted by atomic mass is 10.3. The van der Waals surface area contributed by atoms with Crippen molar-refractivity contribution in [2.75, 3.05) is 11.9 Å². The van der Waals surface area contributed by atoms with Crippen LogP contribution in [0.25, 0.3) is 0 Å². The summed E-state index contributed by atoms with van der Waals surface area (Å²) in [6.45, 7) is 3.03. The molecule has 2 rings (SSSR count). The Hall–Kier alpha value is -1.16. The van der Waals surface area contributed by atoms with Gasteiger partial charge >= 0.3 is 0 Å². The molecule has 20 heavy (non-hydrogen) atoms. The van der Waals surface area contributed by atoms with Gasteiger partial charge in [-0.3, -0.25) is 0 Å². The molecule has 1 aromatic heterocycles. The molecule has 0 aliphatic rings. The predicted molar refractivity (Wildman–Crippen MR) is 84.2 cm³/mol. The molecular formula is C14H13Cl3N2O. The Bertz CT molecular complexity index is 605. The van der Waals surface area contributed by atoms with Crippen LogP contribution in [0.5, 0.6) is 5.75 Å². The Morgan fingerprint density at radius 1 is 1.10 bits per heavy atom. The third-order valence-corrected chi connectivity index (χ3v) is 3.41. The van der Waals surface area contributed by atoms with Gasteiger partial charge in [0.15, 0.2) is 0 Å². The number of pyridine rings is 1. The van der Waals surface area contributed by atoms with E-state index in [9.17, 15) is 0 Å². The number of hydrogen-bond acceptors (Lipinski definition) is 3. The summed E-state index contributed by atoms with van der Waals surface area (Å²) in [7, 11) is 0. The lowest BCUT2D eigenvalue weighted by molar-refractivity contribution is 0.302. The number of aromatic nitrogens is 1. The molecule has 3 nitrogen and oxygen atoms in total. The lowest BCUT2D eigenvalue weighted by Crippen LogP contribution is -2.04. The molecule has 0 aliphatic heterocycles. The minimum absolute atomic E-state index is 0.236. The van der Waals surface area contributed by atoms with Crippen molar-refractivity contribution >= 4 is 40.6 Å². The summed E-state index contributed by atoms with van der Waals surface area (Å²) in [6.07, 6.45) is 0. The van der Waals surface area contributed by atoms with Crippen molar-refractivity contribution < 1.29 is 4.74 Å². The minimum Gasteiger partial charge on any atom is -0.486 e. The van der Waals surface area contributed by atoms with Crippen LogP contribution in [0.2, 0.25) is 15.1 Å². The second-order valence-corrected chi connectivity index (χ2v) is 5.27. The normalized spacial score (nSPS) is 10.4. The molecular weight excluding hydrogens is 319 g/mol.